The topological polar surface area (TPSA) is 102 Å². The van der Waals surface area contributed by atoms with Gasteiger partial charge in [0.1, 0.15) is 12.4 Å². The quantitative estimate of drug-likeness (QED) is 0.161. The predicted molar refractivity (Wildman–Crippen MR) is 182 cm³/mol. The summed E-state index contributed by atoms with van der Waals surface area (Å²) < 4.78 is 36.5. The number of nitrogens with one attached hydrogen (secondary N) is 2. The van der Waals surface area contributed by atoms with Crippen molar-refractivity contribution in [2.24, 2.45) is 0 Å². The Hall–Kier alpha value is -5.67. The van der Waals surface area contributed by atoms with E-state index in [1.807, 2.05) is 96.5 Å². The number of aromatic nitrogens is 2. The number of amides is 1. The molecule has 0 saturated carbocycles. The van der Waals surface area contributed by atoms with Crippen LogP contribution in [0.3, 0.4) is 0 Å². The van der Waals surface area contributed by atoms with Crippen LogP contribution in [0.4, 0.5) is 11.4 Å². The third-order valence-electron chi connectivity index (χ3n) is 7.30. The number of ether oxygens (including phenoxy) is 1. The molecule has 0 unspecified atom stereocenters. The fourth-order valence-electron chi connectivity index (χ4n) is 4.92. The maximum absolute atomic E-state index is 13.0. The average molecular weight is 629 g/mol. The van der Waals surface area contributed by atoms with Crippen molar-refractivity contribution in [3.05, 3.63) is 145 Å². The lowest BCUT2D eigenvalue weighted by atomic mass is 10.1. The van der Waals surface area contributed by atoms with E-state index in [2.05, 4.69) is 22.2 Å². The first-order valence-corrected chi connectivity index (χ1v) is 16.2. The van der Waals surface area contributed by atoms with Gasteiger partial charge in [-0.1, -0.05) is 60.2 Å². The molecule has 0 aliphatic heterocycles. The van der Waals surface area contributed by atoms with Crippen LogP contribution in [0.25, 0.3) is 28.2 Å². The number of anilines is 2. The van der Waals surface area contributed by atoms with Crippen molar-refractivity contribution >= 4 is 27.3 Å². The van der Waals surface area contributed by atoms with Crippen molar-refractivity contribution in [1.82, 2.24) is 9.78 Å². The Labute approximate surface area is 268 Å². The zero-order chi connectivity index (χ0) is 32.1. The van der Waals surface area contributed by atoms with Gasteiger partial charge in [0.2, 0.25) is 5.91 Å². The van der Waals surface area contributed by atoms with Crippen LogP contribution in [0.2, 0.25) is 0 Å². The molecule has 1 aromatic heterocycles. The molecule has 1 heterocycles. The summed E-state index contributed by atoms with van der Waals surface area (Å²) in [6.07, 6.45) is 0. The highest BCUT2D eigenvalue weighted by atomic mass is 32.2. The van der Waals surface area contributed by atoms with Gasteiger partial charge in [0, 0.05) is 29.4 Å². The summed E-state index contributed by atoms with van der Waals surface area (Å²) in [5.74, 6) is 0.544. The summed E-state index contributed by atoms with van der Waals surface area (Å²) in [6, 6.07) is 41.3. The van der Waals surface area contributed by atoms with E-state index in [0.717, 1.165) is 45.1 Å². The number of hydrogen-bond donors (Lipinski definition) is 2. The van der Waals surface area contributed by atoms with Crippen LogP contribution in [-0.2, 0) is 21.4 Å². The van der Waals surface area contributed by atoms with Gasteiger partial charge in [0.05, 0.1) is 22.0 Å². The largest absolute Gasteiger partial charge is 0.489 e. The van der Waals surface area contributed by atoms with Crippen LogP contribution < -0.4 is 14.8 Å². The highest BCUT2D eigenvalue weighted by Gasteiger charge is 2.16. The maximum Gasteiger partial charge on any atom is 0.261 e. The second kappa shape index (κ2) is 13.1. The molecule has 0 spiro atoms. The summed E-state index contributed by atoms with van der Waals surface area (Å²) in [7, 11) is -3.83. The maximum atomic E-state index is 13.0. The minimum Gasteiger partial charge on any atom is -0.489 e. The summed E-state index contributed by atoms with van der Waals surface area (Å²) in [5, 5.41) is 7.58. The number of hydrogen-bond acceptors (Lipinski definition) is 5. The molecule has 0 aliphatic carbocycles. The van der Waals surface area contributed by atoms with Gasteiger partial charge in [-0.15, -0.1) is 0 Å². The van der Waals surface area contributed by atoms with Gasteiger partial charge in [-0.2, -0.15) is 5.10 Å². The van der Waals surface area contributed by atoms with E-state index >= 15 is 0 Å². The molecular weight excluding hydrogens is 596 g/mol. The summed E-state index contributed by atoms with van der Waals surface area (Å²) in [6.45, 7) is 3.93. The first-order chi connectivity index (χ1) is 22.2. The smallest absolute Gasteiger partial charge is 0.261 e. The van der Waals surface area contributed by atoms with Crippen molar-refractivity contribution in [1.29, 1.82) is 0 Å². The number of sulfonamides is 1. The van der Waals surface area contributed by atoms with Crippen LogP contribution in [0.5, 0.6) is 5.75 Å². The number of rotatable bonds is 10. The molecule has 0 bridgehead atoms. The van der Waals surface area contributed by atoms with Crippen LogP contribution in [0, 0.1) is 6.92 Å². The van der Waals surface area contributed by atoms with Crippen LogP contribution in [0.15, 0.2) is 138 Å². The predicted octanol–water partition coefficient (Wildman–Crippen LogP) is 7.85. The van der Waals surface area contributed by atoms with E-state index in [1.54, 1.807) is 24.3 Å². The van der Waals surface area contributed by atoms with Crippen LogP contribution in [0.1, 0.15) is 18.1 Å². The summed E-state index contributed by atoms with van der Waals surface area (Å²) >= 11 is 0. The highest BCUT2D eigenvalue weighted by molar-refractivity contribution is 7.92. The van der Waals surface area contributed by atoms with Gasteiger partial charge < -0.3 is 10.1 Å². The fourth-order valence-corrected chi connectivity index (χ4v) is 5.98. The summed E-state index contributed by atoms with van der Waals surface area (Å²) in [5.41, 5.74) is 7.56. The summed E-state index contributed by atoms with van der Waals surface area (Å²) in [4.78, 5) is 11.4. The Bertz CT molecular complexity index is 2060. The molecule has 0 saturated heterocycles. The molecule has 6 aromatic rings. The third kappa shape index (κ3) is 7.17. The van der Waals surface area contributed by atoms with Gasteiger partial charge in [0.15, 0.2) is 0 Å². The second-order valence-corrected chi connectivity index (χ2v) is 12.5. The SMILES string of the molecule is CC(=O)Nc1ccc(S(=O)(=O)Nc2ccc(-c3cc(-c4ccc(OCc5ccccc5)cc4)n(-c4ccc(C)cc4)n3)cc2)cc1. The standard InChI is InChI=1S/C37H32N4O4S/c1-26-8-18-33(19-9-26)41-37(30-12-20-34(21-13-30)45-25-28-6-4-3-5-7-28)24-36(39-41)29-10-14-32(15-11-29)40-46(43,44)35-22-16-31(17-23-35)38-27(2)42/h3-24,40H,25H2,1-2H3,(H,38,42). The molecule has 9 heteroatoms. The van der Waals surface area contributed by atoms with E-state index in [9.17, 15) is 13.2 Å². The highest BCUT2D eigenvalue weighted by Crippen LogP contribution is 2.31. The first-order valence-electron chi connectivity index (χ1n) is 14.7. The Kier molecular flexibility index (Phi) is 8.67. The van der Waals surface area contributed by atoms with Gasteiger partial charge in [-0.25, -0.2) is 13.1 Å². The van der Waals surface area contributed by atoms with Gasteiger partial charge in [-0.05, 0) is 91.3 Å². The lowest BCUT2D eigenvalue weighted by Gasteiger charge is -2.10. The van der Waals surface area contributed by atoms with E-state index in [4.69, 9.17) is 9.84 Å². The van der Waals surface area contributed by atoms with Crippen molar-refractivity contribution in [3.8, 4) is 34.0 Å². The minimum absolute atomic E-state index is 0.0867. The van der Waals surface area contributed by atoms with Gasteiger partial charge in [0.25, 0.3) is 10.0 Å². The zero-order valence-electron chi connectivity index (χ0n) is 25.3. The molecule has 0 radical (unpaired) electrons. The lowest BCUT2D eigenvalue weighted by Crippen LogP contribution is -2.13. The lowest BCUT2D eigenvalue weighted by molar-refractivity contribution is -0.114. The number of carbonyl (C=O) groups is 1. The molecule has 8 nitrogen and oxygen atoms in total. The number of carbonyl (C=O) groups excluding carboxylic acids is 1. The van der Waals surface area contributed by atoms with Crippen molar-refractivity contribution in [3.63, 3.8) is 0 Å². The van der Waals surface area contributed by atoms with E-state index in [0.29, 0.717) is 18.0 Å². The Morgan fingerprint density at radius 1 is 0.761 bits per heavy atom. The first kappa shape index (κ1) is 30.4. The molecule has 6 rings (SSSR count). The number of nitrogens with zero attached hydrogens (tertiary/aromatic N) is 2. The van der Waals surface area contributed by atoms with Gasteiger partial charge >= 0.3 is 0 Å². The van der Waals surface area contributed by atoms with E-state index in [-0.39, 0.29) is 10.8 Å². The second-order valence-electron chi connectivity index (χ2n) is 10.8. The normalized spacial score (nSPS) is 11.2. The van der Waals surface area contributed by atoms with E-state index in [1.165, 1.54) is 19.1 Å². The van der Waals surface area contributed by atoms with Crippen molar-refractivity contribution < 1.29 is 17.9 Å². The van der Waals surface area contributed by atoms with Crippen molar-refractivity contribution in [2.75, 3.05) is 10.0 Å². The molecule has 5 aromatic carbocycles. The third-order valence-corrected chi connectivity index (χ3v) is 8.70. The molecule has 1 amide bonds. The van der Waals surface area contributed by atoms with Gasteiger partial charge in [-0.3, -0.25) is 9.52 Å². The Morgan fingerprint density at radius 3 is 2.04 bits per heavy atom. The van der Waals surface area contributed by atoms with Crippen molar-refractivity contribution in [2.45, 2.75) is 25.3 Å². The number of benzene rings is 5. The molecule has 0 atom stereocenters. The minimum atomic E-state index is -3.83. The molecule has 46 heavy (non-hydrogen) atoms. The molecule has 2 N–H and O–H groups in total. The van der Waals surface area contributed by atoms with Crippen LogP contribution >= 0.6 is 0 Å². The molecule has 0 fully saturated rings. The average Bonchev–Trinajstić information content (AvgIpc) is 3.50. The van der Waals surface area contributed by atoms with E-state index < -0.39 is 10.0 Å². The molecule has 230 valence electrons. The Balaban J connectivity index is 1.24. The molecule has 0 aliphatic rings. The fraction of sp³-hybridized carbons (Fsp3) is 0.0811. The monoisotopic (exact) mass is 628 g/mol. The molecular formula is C37H32N4O4S. The van der Waals surface area contributed by atoms with Crippen LogP contribution in [-0.4, -0.2) is 24.1 Å². The number of aryl methyl sites for hydroxylation is 1. The zero-order valence-corrected chi connectivity index (χ0v) is 26.2. The Morgan fingerprint density at radius 2 is 1.39 bits per heavy atom.